The molecular formula is C15H23NO2S. The van der Waals surface area contributed by atoms with E-state index in [-0.39, 0.29) is 0 Å². The van der Waals surface area contributed by atoms with Gasteiger partial charge in [0.15, 0.2) is 11.5 Å². The number of rotatable bonds is 5. The lowest BCUT2D eigenvalue weighted by Gasteiger charge is -2.27. The molecule has 1 fully saturated rings. The second-order valence-corrected chi connectivity index (χ2v) is 6.11. The van der Waals surface area contributed by atoms with Crippen molar-refractivity contribution in [1.29, 1.82) is 0 Å². The minimum atomic E-state index is 0.341. The van der Waals surface area contributed by atoms with Gasteiger partial charge in [0.25, 0.3) is 0 Å². The van der Waals surface area contributed by atoms with Crippen LogP contribution in [0.25, 0.3) is 0 Å². The molecule has 0 saturated carbocycles. The Balaban J connectivity index is 2.03. The fourth-order valence-corrected chi connectivity index (χ4v) is 3.54. The third-order valence-corrected chi connectivity index (χ3v) is 4.66. The largest absolute Gasteiger partial charge is 0.493 e. The standard InChI is InChI=1S/C15H23NO2S/c1-11(16-13-6-8-19-9-7-13)12-4-5-14(17-2)15(10-12)18-3/h4-5,10-11,13,16H,6-9H2,1-3H3/t11-/m1/s1. The van der Waals surface area contributed by atoms with Gasteiger partial charge < -0.3 is 14.8 Å². The van der Waals surface area contributed by atoms with Crippen LogP contribution < -0.4 is 14.8 Å². The molecule has 0 aromatic heterocycles. The van der Waals surface area contributed by atoms with Crippen LogP contribution in [0.1, 0.15) is 31.4 Å². The number of hydrogen-bond donors (Lipinski definition) is 1. The predicted molar refractivity (Wildman–Crippen MR) is 81.4 cm³/mol. The molecule has 19 heavy (non-hydrogen) atoms. The zero-order valence-electron chi connectivity index (χ0n) is 11.9. The first kappa shape index (κ1) is 14.5. The first-order valence-corrected chi connectivity index (χ1v) is 7.95. The summed E-state index contributed by atoms with van der Waals surface area (Å²) in [4.78, 5) is 0. The highest BCUT2D eigenvalue weighted by molar-refractivity contribution is 7.99. The van der Waals surface area contributed by atoms with Crippen molar-refractivity contribution >= 4 is 11.8 Å². The van der Waals surface area contributed by atoms with Crippen LogP contribution in [-0.2, 0) is 0 Å². The van der Waals surface area contributed by atoms with Gasteiger partial charge in [0.1, 0.15) is 0 Å². The Bertz CT molecular complexity index is 405. The summed E-state index contributed by atoms with van der Waals surface area (Å²) in [6.45, 7) is 2.21. The minimum absolute atomic E-state index is 0.341. The molecule has 4 heteroatoms. The Morgan fingerprint density at radius 3 is 2.47 bits per heavy atom. The monoisotopic (exact) mass is 281 g/mol. The van der Waals surface area contributed by atoms with Crippen LogP contribution in [0, 0.1) is 0 Å². The molecule has 1 saturated heterocycles. The van der Waals surface area contributed by atoms with E-state index in [0.717, 1.165) is 11.5 Å². The normalized spacial score (nSPS) is 18.1. The van der Waals surface area contributed by atoms with Crippen LogP contribution in [-0.4, -0.2) is 31.8 Å². The van der Waals surface area contributed by atoms with Crippen molar-refractivity contribution < 1.29 is 9.47 Å². The molecule has 1 heterocycles. The maximum atomic E-state index is 5.36. The number of hydrogen-bond acceptors (Lipinski definition) is 4. The summed E-state index contributed by atoms with van der Waals surface area (Å²) in [5.41, 5.74) is 1.25. The van der Waals surface area contributed by atoms with E-state index in [1.54, 1.807) is 14.2 Å². The van der Waals surface area contributed by atoms with Gasteiger partial charge in [-0.15, -0.1) is 0 Å². The number of benzene rings is 1. The molecule has 1 aromatic carbocycles. The van der Waals surface area contributed by atoms with Crippen molar-refractivity contribution in [3.05, 3.63) is 23.8 Å². The number of methoxy groups -OCH3 is 2. The van der Waals surface area contributed by atoms with Crippen molar-refractivity contribution in [2.24, 2.45) is 0 Å². The molecule has 0 radical (unpaired) electrons. The van der Waals surface area contributed by atoms with Gasteiger partial charge >= 0.3 is 0 Å². The van der Waals surface area contributed by atoms with Gasteiger partial charge in [-0.25, -0.2) is 0 Å². The second kappa shape index (κ2) is 7.06. The zero-order chi connectivity index (χ0) is 13.7. The summed E-state index contributed by atoms with van der Waals surface area (Å²) < 4.78 is 10.6. The Hall–Kier alpha value is -0.870. The van der Waals surface area contributed by atoms with Crippen LogP contribution in [0.3, 0.4) is 0 Å². The third kappa shape index (κ3) is 3.80. The Labute approximate surface area is 120 Å². The Kier molecular flexibility index (Phi) is 5.40. The summed E-state index contributed by atoms with van der Waals surface area (Å²) in [6.07, 6.45) is 2.53. The van der Waals surface area contributed by atoms with Crippen molar-refractivity contribution in [3.63, 3.8) is 0 Å². The van der Waals surface area contributed by atoms with Gasteiger partial charge in [-0.2, -0.15) is 11.8 Å². The van der Waals surface area contributed by atoms with E-state index in [4.69, 9.17) is 9.47 Å². The van der Waals surface area contributed by atoms with Crippen molar-refractivity contribution in [3.8, 4) is 11.5 Å². The van der Waals surface area contributed by atoms with E-state index in [2.05, 4.69) is 36.1 Å². The molecule has 1 aliphatic heterocycles. The van der Waals surface area contributed by atoms with Gasteiger partial charge in [0.05, 0.1) is 14.2 Å². The summed E-state index contributed by atoms with van der Waals surface area (Å²) in [5, 5.41) is 3.71. The smallest absolute Gasteiger partial charge is 0.161 e. The maximum absolute atomic E-state index is 5.36. The molecule has 0 aliphatic carbocycles. The van der Waals surface area contributed by atoms with Crippen molar-refractivity contribution in [1.82, 2.24) is 5.32 Å². The Morgan fingerprint density at radius 1 is 1.16 bits per heavy atom. The molecule has 1 N–H and O–H groups in total. The molecule has 1 atom stereocenters. The van der Waals surface area contributed by atoms with E-state index in [9.17, 15) is 0 Å². The fourth-order valence-electron chi connectivity index (χ4n) is 2.44. The lowest BCUT2D eigenvalue weighted by Crippen LogP contribution is -2.34. The minimum Gasteiger partial charge on any atom is -0.493 e. The highest BCUT2D eigenvalue weighted by Crippen LogP contribution is 2.30. The first-order valence-electron chi connectivity index (χ1n) is 6.80. The summed E-state index contributed by atoms with van der Waals surface area (Å²) >= 11 is 2.06. The van der Waals surface area contributed by atoms with E-state index >= 15 is 0 Å². The molecular weight excluding hydrogens is 258 g/mol. The molecule has 0 spiro atoms. The zero-order valence-corrected chi connectivity index (χ0v) is 12.8. The maximum Gasteiger partial charge on any atom is 0.161 e. The molecule has 1 aliphatic rings. The molecule has 0 bridgehead atoms. The van der Waals surface area contributed by atoms with E-state index < -0.39 is 0 Å². The van der Waals surface area contributed by atoms with E-state index in [1.807, 2.05) is 6.07 Å². The topological polar surface area (TPSA) is 30.5 Å². The Morgan fingerprint density at radius 2 is 1.84 bits per heavy atom. The molecule has 3 nitrogen and oxygen atoms in total. The van der Waals surface area contributed by atoms with E-state index in [0.29, 0.717) is 12.1 Å². The van der Waals surface area contributed by atoms with Crippen LogP contribution in [0.15, 0.2) is 18.2 Å². The molecule has 0 amide bonds. The number of thioether (sulfide) groups is 1. The van der Waals surface area contributed by atoms with Gasteiger partial charge in [-0.1, -0.05) is 6.07 Å². The highest BCUT2D eigenvalue weighted by Gasteiger charge is 2.17. The van der Waals surface area contributed by atoms with Gasteiger partial charge in [0, 0.05) is 12.1 Å². The second-order valence-electron chi connectivity index (χ2n) is 4.89. The summed E-state index contributed by atoms with van der Waals surface area (Å²) in [6, 6.07) is 7.13. The lowest BCUT2D eigenvalue weighted by molar-refractivity contribution is 0.353. The first-order chi connectivity index (χ1) is 9.24. The predicted octanol–water partition coefficient (Wildman–Crippen LogP) is 3.25. The highest BCUT2D eigenvalue weighted by atomic mass is 32.2. The van der Waals surface area contributed by atoms with Crippen LogP contribution >= 0.6 is 11.8 Å². The molecule has 0 unspecified atom stereocenters. The average Bonchev–Trinajstić information content (AvgIpc) is 2.47. The quantitative estimate of drug-likeness (QED) is 0.897. The van der Waals surface area contributed by atoms with Crippen molar-refractivity contribution in [2.75, 3.05) is 25.7 Å². The fraction of sp³-hybridized carbons (Fsp3) is 0.600. The van der Waals surface area contributed by atoms with Crippen LogP contribution in [0.4, 0.5) is 0 Å². The van der Waals surface area contributed by atoms with Crippen LogP contribution in [0.2, 0.25) is 0 Å². The lowest BCUT2D eigenvalue weighted by atomic mass is 10.0. The number of ether oxygens (including phenoxy) is 2. The van der Waals surface area contributed by atoms with E-state index in [1.165, 1.54) is 29.9 Å². The molecule has 2 rings (SSSR count). The summed E-state index contributed by atoms with van der Waals surface area (Å²) in [5.74, 6) is 4.13. The third-order valence-electron chi connectivity index (χ3n) is 3.61. The van der Waals surface area contributed by atoms with Crippen molar-refractivity contribution in [2.45, 2.75) is 31.8 Å². The van der Waals surface area contributed by atoms with Gasteiger partial charge in [-0.3, -0.25) is 0 Å². The molecule has 1 aromatic rings. The number of nitrogens with one attached hydrogen (secondary N) is 1. The van der Waals surface area contributed by atoms with Gasteiger partial charge in [0.2, 0.25) is 0 Å². The van der Waals surface area contributed by atoms with Crippen LogP contribution in [0.5, 0.6) is 11.5 Å². The SMILES string of the molecule is COc1ccc([C@@H](C)NC2CCSCC2)cc1OC. The summed E-state index contributed by atoms with van der Waals surface area (Å²) in [7, 11) is 3.34. The average molecular weight is 281 g/mol. The van der Waals surface area contributed by atoms with Gasteiger partial charge in [-0.05, 0) is 49.0 Å². The molecule has 106 valence electrons.